The lowest BCUT2D eigenvalue weighted by molar-refractivity contribution is -0.117. The standard InChI is InChI=1S/C16H18N2O2/c1-10-3-6-12(7-4-10)15(17)16(20)18-13-9-11(2)5-8-14(13)19/h3-9,15,19H,17H2,1-2H3,(H,18,20). The van der Waals surface area contributed by atoms with Gasteiger partial charge in [0.2, 0.25) is 5.91 Å². The number of carbonyl (C=O) groups excluding carboxylic acids is 1. The Morgan fingerprint density at radius 1 is 1.10 bits per heavy atom. The third-order valence-electron chi connectivity index (χ3n) is 3.13. The average molecular weight is 270 g/mol. The molecule has 0 fully saturated rings. The minimum absolute atomic E-state index is 0.0278. The van der Waals surface area contributed by atoms with Crippen LogP contribution in [0.1, 0.15) is 22.7 Å². The molecule has 0 saturated heterocycles. The van der Waals surface area contributed by atoms with Gasteiger partial charge in [0, 0.05) is 0 Å². The minimum Gasteiger partial charge on any atom is -0.506 e. The quantitative estimate of drug-likeness (QED) is 0.750. The Morgan fingerprint density at radius 2 is 1.70 bits per heavy atom. The molecular weight excluding hydrogens is 252 g/mol. The highest BCUT2D eigenvalue weighted by molar-refractivity contribution is 5.96. The summed E-state index contributed by atoms with van der Waals surface area (Å²) in [6, 6.07) is 11.7. The summed E-state index contributed by atoms with van der Waals surface area (Å²) in [5, 5.41) is 12.4. The van der Waals surface area contributed by atoms with Crippen molar-refractivity contribution in [3.63, 3.8) is 0 Å². The van der Waals surface area contributed by atoms with Crippen LogP contribution < -0.4 is 11.1 Å². The molecule has 2 aromatic rings. The van der Waals surface area contributed by atoms with Crippen molar-refractivity contribution in [3.8, 4) is 5.75 Å². The molecule has 1 atom stereocenters. The molecule has 0 aliphatic rings. The Morgan fingerprint density at radius 3 is 2.35 bits per heavy atom. The number of aryl methyl sites for hydroxylation is 2. The predicted octanol–water partition coefficient (Wildman–Crippen LogP) is 2.65. The van der Waals surface area contributed by atoms with E-state index in [1.54, 1.807) is 18.2 Å². The average Bonchev–Trinajstić information content (AvgIpc) is 2.43. The fourth-order valence-electron chi connectivity index (χ4n) is 1.89. The van der Waals surface area contributed by atoms with Crippen molar-refractivity contribution in [1.29, 1.82) is 0 Å². The highest BCUT2D eigenvalue weighted by Crippen LogP contribution is 2.25. The second-order valence-corrected chi connectivity index (χ2v) is 4.90. The monoisotopic (exact) mass is 270 g/mol. The molecule has 1 unspecified atom stereocenters. The largest absolute Gasteiger partial charge is 0.506 e. The SMILES string of the molecule is Cc1ccc(C(N)C(=O)Nc2cc(C)ccc2O)cc1. The van der Waals surface area contributed by atoms with E-state index in [0.717, 1.165) is 16.7 Å². The van der Waals surface area contributed by atoms with Gasteiger partial charge in [-0.3, -0.25) is 4.79 Å². The van der Waals surface area contributed by atoms with E-state index in [9.17, 15) is 9.90 Å². The number of aromatic hydroxyl groups is 1. The van der Waals surface area contributed by atoms with Crippen molar-refractivity contribution in [2.24, 2.45) is 5.73 Å². The number of amides is 1. The van der Waals surface area contributed by atoms with Gasteiger partial charge in [-0.15, -0.1) is 0 Å². The highest BCUT2D eigenvalue weighted by Gasteiger charge is 2.17. The Balaban J connectivity index is 2.15. The van der Waals surface area contributed by atoms with Crippen LogP contribution in [0.3, 0.4) is 0 Å². The van der Waals surface area contributed by atoms with Crippen molar-refractivity contribution in [2.45, 2.75) is 19.9 Å². The van der Waals surface area contributed by atoms with Crippen LogP contribution in [0.25, 0.3) is 0 Å². The number of carbonyl (C=O) groups is 1. The number of nitrogens with one attached hydrogen (secondary N) is 1. The molecule has 4 N–H and O–H groups in total. The van der Waals surface area contributed by atoms with Crippen LogP contribution in [0.4, 0.5) is 5.69 Å². The molecule has 0 aliphatic heterocycles. The zero-order valence-corrected chi connectivity index (χ0v) is 11.6. The summed E-state index contributed by atoms with van der Waals surface area (Å²) in [5.41, 5.74) is 9.10. The molecule has 0 heterocycles. The van der Waals surface area contributed by atoms with Crippen molar-refractivity contribution in [1.82, 2.24) is 0 Å². The topological polar surface area (TPSA) is 75.4 Å². The highest BCUT2D eigenvalue weighted by atomic mass is 16.3. The maximum absolute atomic E-state index is 12.1. The van der Waals surface area contributed by atoms with Gasteiger partial charge in [-0.05, 0) is 37.1 Å². The molecule has 4 nitrogen and oxygen atoms in total. The summed E-state index contributed by atoms with van der Waals surface area (Å²) >= 11 is 0. The first-order valence-electron chi connectivity index (χ1n) is 6.40. The number of nitrogens with two attached hydrogens (primary N) is 1. The number of hydrogen-bond acceptors (Lipinski definition) is 3. The summed E-state index contributed by atoms with van der Waals surface area (Å²) < 4.78 is 0. The normalized spacial score (nSPS) is 11.9. The first kappa shape index (κ1) is 14.1. The van der Waals surface area contributed by atoms with Crippen molar-refractivity contribution >= 4 is 11.6 Å². The van der Waals surface area contributed by atoms with E-state index in [1.165, 1.54) is 0 Å². The summed E-state index contributed by atoms with van der Waals surface area (Å²) in [6.07, 6.45) is 0. The third-order valence-corrected chi connectivity index (χ3v) is 3.13. The number of benzene rings is 2. The molecule has 0 radical (unpaired) electrons. The minimum atomic E-state index is -0.768. The first-order chi connectivity index (χ1) is 9.47. The summed E-state index contributed by atoms with van der Waals surface area (Å²) in [7, 11) is 0. The molecule has 20 heavy (non-hydrogen) atoms. The molecule has 0 aromatic heterocycles. The molecule has 0 saturated carbocycles. The summed E-state index contributed by atoms with van der Waals surface area (Å²) in [6.45, 7) is 3.86. The van der Waals surface area contributed by atoms with Gasteiger partial charge in [-0.25, -0.2) is 0 Å². The molecule has 4 heteroatoms. The maximum Gasteiger partial charge on any atom is 0.245 e. The fraction of sp³-hybridized carbons (Fsp3) is 0.188. The van der Waals surface area contributed by atoms with Crippen molar-refractivity contribution in [2.75, 3.05) is 5.32 Å². The van der Waals surface area contributed by atoms with E-state index in [-0.39, 0.29) is 11.7 Å². The van der Waals surface area contributed by atoms with E-state index in [4.69, 9.17) is 5.73 Å². The van der Waals surface area contributed by atoms with Crippen LogP contribution >= 0.6 is 0 Å². The Bertz CT molecular complexity index is 621. The zero-order chi connectivity index (χ0) is 14.7. The number of phenols is 1. The lowest BCUT2D eigenvalue weighted by Crippen LogP contribution is -2.27. The zero-order valence-electron chi connectivity index (χ0n) is 11.6. The first-order valence-corrected chi connectivity index (χ1v) is 6.40. The molecule has 1 amide bonds. The summed E-state index contributed by atoms with van der Waals surface area (Å²) in [4.78, 5) is 12.1. The van der Waals surface area contributed by atoms with Crippen molar-refractivity contribution < 1.29 is 9.90 Å². The molecule has 2 aromatic carbocycles. The molecule has 0 aliphatic carbocycles. The second-order valence-electron chi connectivity index (χ2n) is 4.90. The lowest BCUT2D eigenvalue weighted by atomic mass is 10.1. The number of anilines is 1. The van der Waals surface area contributed by atoms with Gasteiger partial charge in [-0.1, -0.05) is 35.9 Å². The molecule has 104 valence electrons. The Kier molecular flexibility index (Phi) is 4.05. The Labute approximate surface area is 118 Å². The van der Waals surface area contributed by atoms with Crippen LogP contribution in [0.5, 0.6) is 5.75 Å². The third kappa shape index (κ3) is 3.16. The number of phenolic OH excluding ortho intramolecular Hbond substituents is 1. The van der Waals surface area contributed by atoms with Gasteiger partial charge in [0.1, 0.15) is 11.8 Å². The van der Waals surface area contributed by atoms with Crippen LogP contribution in [0.2, 0.25) is 0 Å². The second kappa shape index (κ2) is 5.75. The van der Waals surface area contributed by atoms with E-state index in [0.29, 0.717) is 5.69 Å². The lowest BCUT2D eigenvalue weighted by Gasteiger charge is -2.14. The molecular formula is C16H18N2O2. The van der Waals surface area contributed by atoms with Crippen molar-refractivity contribution in [3.05, 3.63) is 59.2 Å². The van der Waals surface area contributed by atoms with Gasteiger partial charge >= 0.3 is 0 Å². The van der Waals surface area contributed by atoms with Crippen LogP contribution in [0.15, 0.2) is 42.5 Å². The van der Waals surface area contributed by atoms with E-state index >= 15 is 0 Å². The smallest absolute Gasteiger partial charge is 0.245 e. The van der Waals surface area contributed by atoms with Crippen LogP contribution in [-0.4, -0.2) is 11.0 Å². The number of rotatable bonds is 3. The van der Waals surface area contributed by atoms with Gasteiger partial charge in [0.25, 0.3) is 0 Å². The van der Waals surface area contributed by atoms with Crippen LogP contribution in [0, 0.1) is 13.8 Å². The molecule has 2 rings (SSSR count). The molecule has 0 spiro atoms. The van der Waals surface area contributed by atoms with Gasteiger partial charge in [-0.2, -0.15) is 0 Å². The molecule has 0 bridgehead atoms. The Hall–Kier alpha value is -2.33. The van der Waals surface area contributed by atoms with E-state index in [1.807, 2.05) is 38.1 Å². The van der Waals surface area contributed by atoms with Gasteiger partial charge in [0.05, 0.1) is 5.69 Å². The number of hydrogen-bond donors (Lipinski definition) is 3. The predicted molar refractivity (Wildman–Crippen MR) is 79.6 cm³/mol. The van der Waals surface area contributed by atoms with E-state index in [2.05, 4.69) is 5.32 Å². The fourth-order valence-corrected chi connectivity index (χ4v) is 1.89. The summed E-state index contributed by atoms with van der Waals surface area (Å²) in [5.74, 6) is -0.324. The van der Waals surface area contributed by atoms with E-state index < -0.39 is 6.04 Å². The van der Waals surface area contributed by atoms with Gasteiger partial charge in [0.15, 0.2) is 0 Å². The van der Waals surface area contributed by atoms with Crippen LogP contribution in [-0.2, 0) is 4.79 Å². The van der Waals surface area contributed by atoms with Gasteiger partial charge < -0.3 is 16.2 Å². The maximum atomic E-state index is 12.1.